The Bertz CT molecular complexity index is 643. The molecule has 0 atom stereocenters. The van der Waals surface area contributed by atoms with E-state index in [9.17, 15) is 4.79 Å². The molecule has 0 aromatic heterocycles. The summed E-state index contributed by atoms with van der Waals surface area (Å²) >= 11 is 0. The SMILES string of the molecule is Cc1ccc(CNC(=O)N2CCC(Cc3ccccc3)CC2)cc1. The van der Waals surface area contributed by atoms with Gasteiger partial charge < -0.3 is 10.2 Å². The van der Waals surface area contributed by atoms with Crippen molar-refractivity contribution in [3.05, 3.63) is 71.3 Å². The van der Waals surface area contributed by atoms with Gasteiger partial charge in [0, 0.05) is 19.6 Å². The van der Waals surface area contributed by atoms with Crippen LogP contribution < -0.4 is 5.32 Å². The third-order valence-electron chi connectivity index (χ3n) is 4.83. The molecule has 0 bridgehead atoms. The van der Waals surface area contributed by atoms with Gasteiger partial charge in [-0.05, 0) is 43.2 Å². The number of urea groups is 1. The molecule has 0 radical (unpaired) electrons. The molecule has 0 spiro atoms. The zero-order valence-electron chi connectivity index (χ0n) is 14.4. The number of piperidine rings is 1. The zero-order valence-corrected chi connectivity index (χ0v) is 14.4. The lowest BCUT2D eigenvalue weighted by Gasteiger charge is -2.32. The quantitative estimate of drug-likeness (QED) is 0.900. The number of rotatable bonds is 4. The molecule has 24 heavy (non-hydrogen) atoms. The molecular formula is C21H26N2O. The third-order valence-corrected chi connectivity index (χ3v) is 4.83. The largest absolute Gasteiger partial charge is 0.334 e. The van der Waals surface area contributed by atoms with E-state index in [1.807, 2.05) is 4.90 Å². The Balaban J connectivity index is 1.42. The average Bonchev–Trinajstić information content (AvgIpc) is 2.62. The molecule has 1 saturated heterocycles. The molecule has 1 N–H and O–H groups in total. The first-order chi connectivity index (χ1) is 11.7. The first kappa shape index (κ1) is 16.6. The van der Waals surface area contributed by atoms with Gasteiger partial charge in [0.15, 0.2) is 0 Å². The van der Waals surface area contributed by atoms with Crippen LogP contribution in [0.1, 0.15) is 29.5 Å². The van der Waals surface area contributed by atoms with Crippen molar-refractivity contribution in [1.82, 2.24) is 10.2 Å². The molecule has 0 saturated carbocycles. The summed E-state index contributed by atoms with van der Waals surface area (Å²) in [6.07, 6.45) is 3.30. The molecule has 2 aromatic carbocycles. The van der Waals surface area contributed by atoms with Gasteiger partial charge in [-0.25, -0.2) is 4.79 Å². The fourth-order valence-corrected chi connectivity index (χ4v) is 3.28. The van der Waals surface area contributed by atoms with Gasteiger partial charge in [0.2, 0.25) is 0 Å². The Kier molecular flexibility index (Phi) is 5.52. The van der Waals surface area contributed by atoms with E-state index in [2.05, 4.69) is 66.8 Å². The first-order valence-corrected chi connectivity index (χ1v) is 8.83. The average molecular weight is 322 g/mol. The molecule has 126 valence electrons. The molecule has 3 heteroatoms. The number of benzene rings is 2. The van der Waals surface area contributed by atoms with E-state index in [1.165, 1.54) is 11.1 Å². The second kappa shape index (κ2) is 8.00. The maximum atomic E-state index is 12.3. The normalized spacial score (nSPS) is 15.3. The van der Waals surface area contributed by atoms with Crippen LogP contribution >= 0.6 is 0 Å². The summed E-state index contributed by atoms with van der Waals surface area (Å²) in [4.78, 5) is 14.3. The molecule has 1 aliphatic rings. The molecule has 3 rings (SSSR count). The van der Waals surface area contributed by atoms with Crippen LogP contribution in [-0.4, -0.2) is 24.0 Å². The van der Waals surface area contributed by atoms with Gasteiger partial charge in [-0.1, -0.05) is 60.2 Å². The first-order valence-electron chi connectivity index (χ1n) is 8.83. The minimum Gasteiger partial charge on any atom is -0.334 e. The van der Waals surface area contributed by atoms with Crippen LogP contribution in [0.5, 0.6) is 0 Å². The molecule has 2 aromatic rings. The number of nitrogens with one attached hydrogen (secondary N) is 1. The number of likely N-dealkylation sites (tertiary alicyclic amines) is 1. The molecule has 1 aliphatic heterocycles. The second-order valence-electron chi connectivity index (χ2n) is 6.76. The van der Waals surface area contributed by atoms with Crippen molar-refractivity contribution in [3.63, 3.8) is 0 Å². The maximum Gasteiger partial charge on any atom is 0.317 e. The van der Waals surface area contributed by atoms with Crippen LogP contribution in [-0.2, 0) is 13.0 Å². The van der Waals surface area contributed by atoms with Crippen molar-refractivity contribution in [2.45, 2.75) is 32.7 Å². The van der Waals surface area contributed by atoms with Crippen molar-refractivity contribution in [1.29, 1.82) is 0 Å². The Morgan fingerprint density at radius 1 is 1.00 bits per heavy atom. The van der Waals surface area contributed by atoms with Crippen molar-refractivity contribution in [2.75, 3.05) is 13.1 Å². The van der Waals surface area contributed by atoms with E-state index < -0.39 is 0 Å². The van der Waals surface area contributed by atoms with Gasteiger partial charge in [0.25, 0.3) is 0 Å². The Labute approximate surface area is 144 Å². The van der Waals surface area contributed by atoms with E-state index in [1.54, 1.807) is 0 Å². The van der Waals surface area contributed by atoms with Crippen LogP contribution in [0.2, 0.25) is 0 Å². The number of aryl methyl sites for hydroxylation is 1. The van der Waals surface area contributed by atoms with Gasteiger partial charge in [-0.15, -0.1) is 0 Å². The van der Waals surface area contributed by atoms with Gasteiger partial charge in [0.1, 0.15) is 0 Å². The van der Waals surface area contributed by atoms with Crippen molar-refractivity contribution >= 4 is 6.03 Å². The number of hydrogen-bond acceptors (Lipinski definition) is 1. The van der Waals surface area contributed by atoms with E-state index >= 15 is 0 Å². The third kappa shape index (κ3) is 4.60. The highest BCUT2D eigenvalue weighted by molar-refractivity contribution is 5.74. The van der Waals surface area contributed by atoms with Crippen molar-refractivity contribution < 1.29 is 4.79 Å². The summed E-state index contributed by atoms with van der Waals surface area (Å²) in [5.74, 6) is 0.688. The maximum absolute atomic E-state index is 12.3. The minimum absolute atomic E-state index is 0.0636. The van der Waals surface area contributed by atoms with Crippen LogP contribution in [0.15, 0.2) is 54.6 Å². The monoisotopic (exact) mass is 322 g/mol. The lowest BCUT2D eigenvalue weighted by molar-refractivity contribution is 0.170. The molecule has 3 nitrogen and oxygen atoms in total. The Hall–Kier alpha value is -2.29. The fraction of sp³-hybridized carbons (Fsp3) is 0.381. The lowest BCUT2D eigenvalue weighted by Crippen LogP contribution is -2.44. The van der Waals surface area contributed by atoms with Gasteiger partial charge >= 0.3 is 6.03 Å². The van der Waals surface area contributed by atoms with Crippen LogP contribution in [0, 0.1) is 12.8 Å². The van der Waals surface area contributed by atoms with E-state index in [0.29, 0.717) is 12.5 Å². The number of hydrogen-bond donors (Lipinski definition) is 1. The predicted molar refractivity (Wildman–Crippen MR) is 97.9 cm³/mol. The van der Waals surface area contributed by atoms with Crippen LogP contribution in [0.3, 0.4) is 0 Å². The summed E-state index contributed by atoms with van der Waals surface area (Å²) in [7, 11) is 0. The fourth-order valence-electron chi connectivity index (χ4n) is 3.28. The van der Waals surface area contributed by atoms with Gasteiger partial charge in [-0.3, -0.25) is 0 Å². The number of carbonyl (C=O) groups excluding carboxylic acids is 1. The van der Waals surface area contributed by atoms with E-state index in [4.69, 9.17) is 0 Å². The smallest absolute Gasteiger partial charge is 0.317 e. The molecule has 0 aliphatic carbocycles. The highest BCUT2D eigenvalue weighted by Crippen LogP contribution is 2.21. The molecule has 0 unspecified atom stereocenters. The van der Waals surface area contributed by atoms with E-state index in [-0.39, 0.29) is 6.03 Å². The van der Waals surface area contributed by atoms with Crippen molar-refractivity contribution in [3.8, 4) is 0 Å². The van der Waals surface area contributed by atoms with Crippen LogP contribution in [0.25, 0.3) is 0 Å². The molecule has 1 fully saturated rings. The van der Waals surface area contributed by atoms with Gasteiger partial charge in [0.05, 0.1) is 0 Å². The van der Waals surface area contributed by atoms with Gasteiger partial charge in [-0.2, -0.15) is 0 Å². The summed E-state index contributed by atoms with van der Waals surface area (Å²) in [6, 6.07) is 19.0. The number of carbonyl (C=O) groups is 1. The number of nitrogens with zero attached hydrogens (tertiary/aromatic N) is 1. The Morgan fingerprint density at radius 3 is 2.33 bits per heavy atom. The lowest BCUT2D eigenvalue weighted by atomic mass is 9.90. The molecule has 2 amide bonds. The highest BCUT2D eigenvalue weighted by Gasteiger charge is 2.22. The standard InChI is InChI=1S/C21H26N2O/c1-17-7-9-20(10-8-17)16-22-21(24)23-13-11-19(12-14-23)15-18-5-3-2-4-6-18/h2-10,19H,11-16H2,1H3,(H,22,24). The van der Waals surface area contributed by atoms with Crippen LogP contribution in [0.4, 0.5) is 4.79 Å². The second-order valence-corrected chi connectivity index (χ2v) is 6.76. The highest BCUT2D eigenvalue weighted by atomic mass is 16.2. The topological polar surface area (TPSA) is 32.3 Å². The molecule has 1 heterocycles. The summed E-state index contributed by atoms with van der Waals surface area (Å²) < 4.78 is 0. The Morgan fingerprint density at radius 2 is 1.67 bits per heavy atom. The summed E-state index contributed by atoms with van der Waals surface area (Å²) in [5, 5.41) is 3.04. The summed E-state index contributed by atoms with van der Waals surface area (Å²) in [6.45, 7) is 4.39. The predicted octanol–water partition coefficient (Wildman–Crippen LogP) is 4.16. The number of amides is 2. The van der Waals surface area contributed by atoms with Crippen molar-refractivity contribution in [2.24, 2.45) is 5.92 Å². The summed E-state index contributed by atoms with van der Waals surface area (Å²) in [5.41, 5.74) is 3.79. The minimum atomic E-state index is 0.0636. The molecular weight excluding hydrogens is 296 g/mol. The zero-order chi connectivity index (χ0) is 16.8. The van der Waals surface area contributed by atoms with E-state index in [0.717, 1.165) is 37.9 Å².